The maximum absolute atomic E-state index is 11.5. The molecule has 1 fully saturated rings. The zero-order valence-corrected chi connectivity index (χ0v) is 8.95. The largest absolute Gasteiger partial charge is 0.354 e. The van der Waals surface area contributed by atoms with Gasteiger partial charge in [0.05, 0.1) is 12.6 Å². The summed E-state index contributed by atoms with van der Waals surface area (Å²) in [6.07, 6.45) is 1.60. The van der Waals surface area contributed by atoms with Crippen molar-refractivity contribution < 1.29 is 9.59 Å². The maximum atomic E-state index is 11.5. The molecule has 0 saturated carbocycles. The summed E-state index contributed by atoms with van der Waals surface area (Å²) in [7, 11) is 0. The van der Waals surface area contributed by atoms with Crippen LogP contribution in [-0.4, -0.2) is 42.4 Å². The van der Waals surface area contributed by atoms with Crippen LogP contribution in [0.15, 0.2) is 0 Å². The third kappa shape index (κ3) is 3.17. The first-order valence-corrected chi connectivity index (χ1v) is 5.20. The molecule has 86 valence electrons. The lowest BCUT2D eigenvalue weighted by atomic mass is 10.1. The molecule has 6 nitrogen and oxygen atoms in total. The molecule has 1 unspecified atom stereocenters. The Bertz CT molecular complexity index is 244. The van der Waals surface area contributed by atoms with Crippen molar-refractivity contribution in [2.75, 3.05) is 19.6 Å². The fourth-order valence-electron chi connectivity index (χ4n) is 1.77. The Morgan fingerprint density at radius 1 is 1.73 bits per heavy atom. The van der Waals surface area contributed by atoms with Crippen LogP contribution < -0.4 is 16.6 Å². The van der Waals surface area contributed by atoms with Crippen molar-refractivity contribution in [2.24, 2.45) is 5.84 Å². The van der Waals surface area contributed by atoms with Crippen LogP contribution in [-0.2, 0) is 9.59 Å². The minimum Gasteiger partial charge on any atom is -0.354 e. The third-order valence-electron chi connectivity index (χ3n) is 2.52. The molecule has 1 saturated heterocycles. The number of amides is 2. The van der Waals surface area contributed by atoms with Gasteiger partial charge in [-0.3, -0.25) is 19.9 Å². The molecule has 2 amide bonds. The Hall–Kier alpha value is -1.14. The standard InChI is InChI=1S/C9H18N4O2/c1-2-3-7(9(15)12-10)13-5-4-11-8(14)6-13/h7H,2-6,10H2,1H3,(H,11,14)(H,12,15). The number of carbonyl (C=O) groups excluding carboxylic acids is 2. The minimum absolute atomic E-state index is 0.0350. The van der Waals surface area contributed by atoms with Crippen molar-refractivity contribution >= 4 is 11.8 Å². The van der Waals surface area contributed by atoms with Gasteiger partial charge in [0.1, 0.15) is 0 Å². The molecule has 0 bridgehead atoms. The molecule has 0 spiro atoms. The second-order valence-corrected chi connectivity index (χ2v) is 3.63. The number of hydrazine groups is 1. The summed E-state index contributed by atoms with van der Waals surface area (Å²) >= 11 is 0. The van der Waals surface area contributed by atoms with Gasteiger partial charge in [-0.2, -0.15) is 0 Å². The fourth-order valence-corrected chi connectivity index (χ4v) is 1.77. The molecule has 0 aromatic rings. The molecule has 1 aliphatic rings. The number of rotatable bonds is 4. The van der Waals surface area contributed by atoms with E-state index in [4.69, 9.17) is 5.84 Å². The molecule has 4 N–H and O–H groups in total. The molecule has 6 heteroatoms. The molecule has 1 rings (SSSR count). The van der Waals surface area contributed by atoms with Crippen LogP contribution in [0, 0.1) is 0 Å². The number of piperazine rings is 1. The van der Waals surface area contributed by atoms with Gasteiger partial charge in [-0.15, -0.1) is 0 Å². The predicted octanol–water partition coefficient (Wildman–Crippen LogP) is -1.42. The Morgan fingerprint density at radius 2 is 2.47 bits per heavy atom. The lowest BCUT2D eigenvalue weighted by Crippen LogP contribution is -2.56. The van der Waals surface area contributed by atoms with E-state index in [1.54, 1.807) is 0 Å². The van der Waals surface area contributed by atoms with E-state index in [2.05, 4.69) is 10.7 Å². The third-order valence-corrected chi connectivity index (χ3v) is 2.52. The van der Waals surface area contributed by atoms with Gasteiger partial charge >= 0.3 is 0 Å². The van der Waals surface area contributed by atoms with Gasteiger partial charge in [-0.25, -0.2) is 5.84 Å². The zero-order chi connectivity index (χ0) is 11.3. The van der Waals surface area contributed by atoms with Gasteiger partial charge in [-0.05, 0) is 6.42 Å². The number of carbonyl (C=O) groups is 2. The summed E-state index contributed by atoms with van der Waals surface area (Å²) < 4.78 is 0. The topological polar surface area (TPSA) is 87.5 Å². The van der Waals surface area contributed by atoms with Crippen LogP contribution in [0.25, 0.3) is 0 Å². The summed E-state index contributed by atoms with van der Waals surface area (Å²) in [5, 5.41) is 2.72. The van der Waals surface area contributed by atoms with Crippen LogP contribution in [0.2, 0.25) is 0 Å². The van der Waals surface area contributed by atoms with E-state index < -0.39 is 0 Å². The first-order valence-electron chi connectivity index (χ1n) is 5.20. The van der Waals surface area contributed by atoms with E-state index >= 15 is 0 Å². The second-order valence-electron chi connectivity index (χ2n) is 3.63. The van der Waals surface area contributed by atoms with Crippen LogP contribution in [0.3, 0.4) is 0 Å². The van der Waals surface area contributed by atoms with E-state index in [0.29, 0.717) is 13.1 Å². The first kappa shape index (κ1) is 11.9. The van der Waals surface area contributed by atoms with Gasteiger partial charge in [0.2, 0.25) is 5.91 Å². The molecular formula is C9H18N4O2. The number of hydrogen-bond donors (Lipinski definition) is 3. The van der Waals surface area contributed by atoms with Crippen LogP contribution >= 0.6 is 0 Å². The smallest absolute Gasteiger partial charge is 0.251 e. The molecule has 0 aromatic heterocycles. The molecular weight excluding hydrogens is 196 g/mol. The predicted molar refractivity (Wildman–Crippen MR) is 55.6 cm³/mol. The van der Waals surface area contributed by atoms with Crippen molar-refractivity contribution in [1.82, 2.24) is 15.6 Å². The van der Waals surface area contributed by atoms with Gasteiger partial charge < -0.3 is 5.32 Å². The molecule has 1 aliphatic heterocycles. The van der Waals surface area contributed by atoms with Crippen molar-refractivity contribution in [1.29, 1.82) is 0 Å². The summed E-state index contributed by atoms with van der Waals surface area (Å²) in [5.41, 5.74) is 2.15. The number of hydrogen-bond acceptors (Lipinski definition) is 4. The normalized spacial score (nSPS) is 19.5. The summed E-state index contributed by atoms with van der Waals surface area (Å²) in [6.45, 7) is 3.57. The average Bonchev–Trinajstić information content (AvgIpc) is 2.25. The van der Waals surface area contributed by atoms with Crippen LogP contribution in [0.4, 0.5) is 0 Å². The molecule has 15 heavy (non-hydrogen) atoms. The highest BCUT2D eigenvalue weighted by atomic mass is 16.2. The lowest BCUT2D eigenvalue weighted by Gasteiger charge is -2.32. The average molecular weight is 214 g/mol. The lowest BCUT2D eigenvalue weighted by molar-refractivity contribution is -0.131. The van der Waals surface area contributed by atoms with Crippen LogP contribution in [0.1, 0.15) is 19.8 Å². The van der Waals surface area contributed by atoms with E-state index in [-0.39, 0.29) is 24.4 Å². The van der Waals surface area contributed by atoms with Crippen molar-refractivity contribution in [3.63, 3.8) is 0 Å². The van der Waals surface area contributed by atoms with E-state index in [1.165, 1.54) is 0 Å². The van der Waals surface area contributed by atoms with E-state index in [0.717, 1.165) is 12.8 Å². The second kappa shape index (κ2) is 5.67. The van der Waals surface area contributed by atoms with E-state index in [1.807, 2.05) is 11.8 Å². The highest BCUT2D eigenvalue weighted by Crippen LogP contribution is 2.08. The van der Waals surface area contributed by atoms with Gasteiger partial charge in [0.25, 0.3) is 5.91 Å². The quantitative estimate of drug-likeness (QED) is 0.304. The van der Waals surface area contributed by atoms with E-state index in [9.17, 15) is 9.59 Å². The zero-order valence-electron chi connectivity index (χ0n) is 8.95. The molecule has 1 heterocycles. The fraction of sp³-hybridized carbons (Fsp3) is 0.778. The number of nitrogens with two attached hydrogens (primary N) is 1. The highest BCUT2D eigenvalue weighted by molar-refractivity contribution is 5.83. The first-order chi connectivity index (χ1) is 7.19. The Balaban J connectivity index is 2.61. The van der Waals surface area contributed by atoms with Gasteiger partial charge in [0.15, 0.2) is 0 Å². The van der Waals surface area contributed by atoms with Crippen molar-refractivity contribution in [2.45, 2.75) is 25.8 Å². The van der Waals surface area contributed by atoms with Crippen molar-refractivity contribution in [3.05, 3.63) is 0 Å². The SMILES string of the molecule is CCCC(C(=O)NN)N1CCNC(=O)C1. The minimum atomic E-state index is -0.286. The summed E-state index contributed by atoms with van der Waals surface area (Å²) in [6, 6.07) is -0.286. The highest BCUT2D eigenvalue weighted by Gasteiger charge is 2.28. The van der Waals surface area contributed by atoms with Gasteiger partial charge in [0, 0.05) is 13.1 Å². The Morgan fingerprint density at radius 3 is 3.00 bits per heavy atom. The molecule has 1 atom stereocenters. The molecule has 0 aliphatic carbocycles. The van der Waals surface area contributed by atoms with Gasteiger partial charge in [-0.1, -0.05) is 13.3 Å². The Labute approximate surface area is 89.1 Å². The number of nitrogens with one attached hydrogen (secondary N) is 2. The maximum Gasteiger partial charge on any atom is 0.251 e. The summed E-state index contributed by atoms with van der Waals surface area (Å²) in [5.74, 6) is 4.87. The number of nitrogens with zero attached hydrogens (tertiary/aromatic N) is 1. The molecule has 0 radical (unpaired) electrons. The monoisotopic (exact) mass is 214 g/mol. The molecule has 0 aromatic carbocycles. The summed E-state index contributed by atoms with van der Waals surface area (Å²) in [4.78, 5) is 24.5. The van der Waals surface area contributed by atoms with Crippen LogP contribution in [0.5, 0.6) is 0 Å². The Kier molecular flexibility index (Phi) is 4.51. The van der Waals surface area contributed by atoms with Crippen molar-refractivity contribution in [3.8, 4) is 0 Å².